The molecule has 0 bridgehead atoms. The van der Waals surface area contributed by atoms with Crippen LogP contribution in [0, 0.1) is 0 Å². The van der Waals surface area contributed by atoms with Crippen molar-refractivity contribution in [2.75, 3.05) is 38.2 Å². The summed E-state index contributed by atoms with van der Waals surface area (Å²) < 4.78 is 60.7. The van der Waals surface area contributed by atoms with E-state index in [2.05, 4.69) is 0 Å². The van der Waals surface area contributed by atoms with Crippen molar-refractivity contribution in [3.8, 4) is 0 Å². The fraction of sp³-hybridized carbons (Fsp3) is 0.226. The molecule has 0 saturated carbocycles. The van der Waals surface area contributed by atoms with Gasteiger partial charge in [0.1, 0.15) is 0 Å². The molecule has 1 aliphatic heterocycles. The van der Waals surface area contributed by atoms with Crippen molar-refractivity contribution in [3.05, 3.63) is 96.4 Å². The maximum absolute atomic E-state index is 13.6. The molecule has 0 amide bonds. The van der Waals surface area contributed by atoms with Gasteiger partial charge in [-0.15, -0.1) is 0 Å². The first-order chi connectivity index (χ1) is 22.2. The van der Waals surface area contributed by atoms with E-state index < -0.39 is 50.1 Å². The fourth-order valence-electron chi connectivity index (χ4n) is 4.50. The van der Waals surface area contributed by atoms with Gasteiger partial charge >= 0.3 is 283 Å². The topological polar surface area (TPSA) is 112 Å². The average molecular weight is 758 g/mol. The molecular formula is C31H26ClF3N2O8SSe. The van der Waals surface area contributed by atoms with E-state index in [1.165, 1.54) is 12.1 Å². The van der Waals surface area contributed by atoms with Crippen molar-refractivity contribution < 1.29 is 51.3 Å². The third kappa shape index (κ3) is 7.54. The van der Waals surface area contributed by atoms with Crippen molar-refractivity contribution in [1.29, 1.82) is 0 Å². The molecule has 0 atom stereocenters. The number of carbonyl (C=O) groups is 4. The van der Waals surface area contributed by atoms with Gasteiger partial charge < -0.3 is 0 Å². The number of alkyl halides is 3. The summed E-state index contributed by atoms with van der Waals surface area (Å²) in [4.78, 5) is 54.7. The second-order valence-corrected chi connectivity index (χ2v) is 13.1. The number of carbonyl (C=O) groups excluding carboxylic acids is 4. The quantitative estimate of drug-likeness (QED) is 0.106. The predicted molar refractivity (Wildman–Crippen MR) is 170 cm³/mol. The number of nitrogens with zero attached hydrogens (tertiary/aromatic N) is 2. The van der Waals surface area contributed by atoms with E-state index in [9.17, 15) is 32.3 Å². The van der Waals surface area contributed by atoms with Gasteiger partial charge in [-0.3, -0.25) is 0 Å². The molecule has 10 nitrogen and oxygen atoms in total. The van der Waals surface area contributed by atoms with Gasteiger partial charge in [-0.05, 0) is 0 Å². The Kier molecular flexibility index (Phi) is 11.2. The first-order valence-electron chi connectivity index (χ1n) is 13.3. The van der Waals surface area contributed by atoms with E-state index in [1.54, 1.807) is 41.0 Å². The third-order valence-electron chi connectivity index (χ3n) is 6.77. The van der Waals surface area contributed by atoms with Crippen LogP contribution in [0.5, 0.6) is 0 Å². The summed E-state index contributed by atoms with van der Waals surface area (Å²) >= 11 is 5.91. The molecular weight excluding hydrogens is 732 g/mol. The number of thioether (sulfide) groups is 1. The number of halogens is 4. The summed E-state index contributed by atoms with van der Waals surface area (Å²) in [5, 5.41) is 0.738. The molecule has 1 aromatic heterocycles. The molecule has 1 aliphatic rings. The number of benzene rings is 2. The van der Waals surface area contributed by atoms with Gasteiger partial charge in [0.2, 0.25) is 0 Å². The number of anilines is 3. The molecule has 0 spiro atoms. The van der Waals surface area contributed by atoms with Crippen molar-refractivity contribution in [2.24, 2.45) is 0 Å². The molecule has 0 N–H and O–H groups in total. The van der Waals surface area contributed by atoms with Crippen LogP contribution in [0.4, 0.5) is 29.1 Å². The number of fused-ring (bicyclic) bond motifs is 1. The standard InChI is InChI=1S/C31H26ClF3N2O8SSe/c1-16-26(46-21(28(39)43-3)14-22(38)42-2)37(20-12-8-18(9-13-20)31(33,34)35)27-24(36(16)15-17-6-10-19(32)11-7-17)23(29(40)44-4)25(47-27)30(41)45-5/h6-14H,15H2,1-5H3/b21-14+. The zero-order valence-electron chi connectivity index (χ0n) is 25.4. The van der Waals surface area contributed by atoms with Crippen molar-refractivity contribution >= 4 is 77.7 Å². The molecule has 2 heterocycles. The number of hydrogen-bond acceptors (Lipinski definition) is 11. The minimum atomic E-state index is -4.63. The van der Waals surface area contributed by atoms with Crippen LogP contribution < -0.4 is 9.80 Å². The Morgan fingerprint density at radius 1 is 0.894 bits per heavy atom. The molecule has 248 valence electrons. The third-order valence-corrected chi connectivity index (χ3v) is 10.6. The Labute approximate surface area is 282 Å². The molecule has 0 fully saturated rings. The predicted octanol–water partition coefficient (Wildman–Crippen LogP) is 6.30. The van der Waals surface area contributed by atoms with Gasteiger partial charge in [0.05, 0.1) is 0 Å². The summed E-state index contributed by atoms with van der Waals surface area (Å²) in [6, 6.07) is 11.1. The van der Waals surface area contributed by atoms with Crippen LogP contribution in [-0.2, 0) is 41.3 Å². The molecule has 16 heteroatoms. The molecule has 0 aliphatic carbocycles. The molecule has 0 radical (unpaired) electrons. The second-order valence-electron chi connectivity index (χ2n) is 9.55. The number of hydrogen-bond donors (Lipinski definition) is 0. The molecule has 2 aromatic carbocycles. The van der Waals surface area contributed by atoms with Crippen LogP contribution in [0.15, 0.2) is 70.2 Å². The number of allylic oxidation sites excluding steroid dienone is 1. The van der Waals surface area contributed by atoms with Gasteiger partial charge in [-0.1, -0.05) is 0 Å². The molecule has 47 heavy (non-hydrogen) atoms. The Morgan fingerprint density at radius 2 is 1.51 bits per heavy atom. The monoisotopic (exact) mass is 758 g/mol. The number of esters is 4. The summed E-state index contributed by atoms with van der Waals surface area (Å²) in [5.41, 5.74) is 0.597. The van der Waals surface area contributed by atoms with Crippen molar-refractivity contribution in [3.63, 3.8) is 0 Å². The van der Waals surface area contributed by atoms with Crippen LogP contribution in [0.1, 0.15) is 37.6 Å². The van der Waals surface area contributed by atoms with Crippen LogP contribution in [0.2, 0.25) is 5.02 Å². The van der Waals surface area contributed by atoms with Crippen molar-refractivity contribution in [2.45, 2.75) is 19.6 Å². The number of rotatable bonds is 9. The maximum atomic E-state index is 13.6. The molecule has 4 rings (SSSR count). The Balaban J connectivity index is 2.09. The van der Waals surface area contributed by atoms with E-state index in [-0.39, 0.29) is 37.9 Å². The molecule has 0 saturated heterocycles. The number of ether oxygens (including phenoxy) is 4. The number of methoxy groups -OCH3 is 4. The van der Waals surface area contributed by atoms with Crippen molar-refractivity contribution in [1.82, 2.24) is 0 Å². The SMILES string of the molecule is COC(=O)/C=C(/SC1=C(C)N(Cc2ccc(Cl)cc2)c2c([se]c(C(=O)OC)c2C(=O)OC)N1c1ccc(C(F)(F)F)cc1)C(=O)OC. The van der Waals surface area contributed by atoms with Gasteiger partial charge in [0.25, 0.3) is 0 Å². The molecule has 0 unspecified atom stereocenters. The summed E-state index contributed by atoms with van der Waals surface area (Å²) in [5.74, 6) is -3.39. The summed E-state index contributed by atoms with van der Waals surface area (Å²) in [6.45, 7) is 1.77. The van der Waals surface area contributed by atoms with E-state index in [4.69, 9.17) is 30.5 Å². The first kappa shape index (κ1) is 35.7. The van der Waals surface area contributed by atoms with Crippen LogP contribution in [0.3, 0.4) is 0 Å². The van der Waals surface area contributed by atoms with Gasteiger partial charge in [0.15, 0.2) is 0 Å². The van der Waals surface area contributed by atoms with E-state index in [0.29, 0.717) is 15.3 Å². The van der Waals surface area contributed by atoms with Gasteiger partial charge in [-0.25, -0.2) is 0 Å². The normalized spacial score (nSPS) is 13.3. The zero-order valence-corrected chi connectivity index (χ0v) is 28.7. The summed E-state index contributed by atoms with van der Waals surface area (Å²) in [6.07, 6.45) is -3.70. The van der Waals surface area contributed by atoms with Crippen LogP contribution in [-0.4, -0.2) is 66.8 Å². The van der Waals surface area contributed by atoms with E-state index >= 15 is 0 Å². The summed E-state index contributed by atoms with van der Waals surface area (Å²) in [7, 11) is 4.55. The molecule has 3 aromatic rings. The van der Waals surface area contributed by atoms with Crippen LogP contribution in [0.25, 0.3) is 0 Å². The Bertz CT molecular complexity index is 1770. The Morgan fingerprint density at radius 3 is 2.04 bits per heavy atom. The second kappa shape index (κ2) is 14.7. The fourth-order valence-corrected chi connectivity index (χ4v) is 8.43. The zero-order chi connectivity index (χ0) is 34.6. The van der Waals surface area contributed by atoms with E-state index in [0.717, 1.165) is 64.0 Å². The average Bonchev–Trinajstić information content (AvgIpc) is 3.45. The van der Waals surface area contributed by atoms with Gasteiger partial charge in [-0.2, -0.15) is 0 Å². The Hall–Kier alpha value is -4.17. The van der Waals surface area contributed by atoms with Crippen LogP contribution >= 0.6 is 23.4 Å². The first-order valence-corrected chi connectivity index (χ1v) is 16.3. The minimum absolute atomic E-state index is 0.00668. The van der Waals surface area contributed by atoms with Gasteiger partial charge in [0, 0.05) is 0 Å². The van der Waals surface area contributed by atoms with E-state index in [1.807, 2.05) is 0 Å².